The smallest absolute Gasteiger partial charge is 0.317 e. The zero-order valence-corrected chi connectivity index (χ0v) is 17.9. The second-order valence-corrected chi connectivity index (χ2v) is 8.39. The third-order valence-corrected chi connectivity index (χ3v) is 6.13. The zero-order chi connectivity index (χ0) is 21.7. The largest absolute Gasteiger partial charge is 0.454 e. The van der Waals surface area contributed by atoms with Crippen molar-refractivity contribution >= 4 is 11.9 Å². The van der Waals surface area contributed by atoms with Gasteiger partial charge in [0.25, 0.3) is 0 Å². The molecule has 0 radical (unpaired) electrons. The van der Waals surface area contributed by atoms with Crippen LogP contribution in [0.2, 0.25) is 0 Å². The van der Waals surface area contributed by atoms with Crippen molar-refractivity contribution in [3.63, 3.8) is 0 Å². The fourth-order valence-electron chi connectivity index (χ4n) is 3.95. The number of carbonyl (C=O) groups excluding carboxylic acids is 2. The highest BCUT2D eigenvalue weighted by atomic mass is 16.7. The molecule has 0 saturated carbocycles. The van der Waals surface area contributed by atoms with Crippen molar-refractivity contribution in [3.05, 3.63) is 59.7 Å². The van der Waals surface area contributed by atoms with E-state index < -0.39 is 5.41 Å². The maximum Gasteiger partial charge on any atom is 0.317 e. The van der Waals surface area contributed by atoms with Gasteiger partial charge in [0.05, 0.1) is 0 Å². The van der Waals surface area contributed by atoms with E-state index in [0.29, 0.717) is 44.8 Å². The molecule has 2 heterocycles. The lowest BCUT2D eigenvalue weighted by atomic mass is 9.79. The Morgan fingerprint density at radius 1 is 0.968 bits per heavy atom. The summed E-state index contributed by atoms with van der Waals surface area (Å²) in [4.78, 5) is 27.1. The molecule has 1 saturated heterocycles. The lowest BCUT2D eigenvalue weighted by molar-refractivity contribution is -0.132. The third kappa shape index (κ3) is 5.10. The Labute approximate surface area is 182 Å². The van der Waals surface area contributed by atoms with E-state index in [-0.39, 0.29) is 18.7 Å². The van der Waals surface area contributed by atoms with Crippen LogP contribution in [0, 0.1) is 5.41 Å². The average Bonchev–Trinajstić information content (AvgIpc) is 3.26. The normalized spacial score (nSPS) is 16.6. The number of amides is 3. The van der Waals surface area contributed by atoms with E-state index in [1.807, 2.05) is 43.3 Å². The summed E-state index contributed by atoms with van der Waals surface area (Å²) < 4.78 is 10.7. The molecule has 31 heavy (non-hydrogen) atoms. The number of rotatable bonds is 6. The number of carbonyl (C=O) groups is 2. The number of benzene rings is 2. The van der Waals surface area contributed by atoms with E-state index in [0.717, 1.165) is 17.7 Å². The van der Waals surface area contributed by atoms with Crippen LogP contribution in [0.15, 0.2) is 48.5 Å². The first-order valence-electron chi connectivity index (χ1n) is 10.8. The Balaban J connectivity index is 1.21. The Morgan fingerprint density at radius 2 is 1.71 bits per heavy atom. The van der Waals surface area contributed by atoms with Gasteiger partial charge in [-0.1, -0.05) is 43.3 Å². The molecule has 7 nitrogen and oxygen atoms in total. The van der Waals surface area contributed by atoms with E-state index in [9.17, 15) is 9.59 Å². The fraction of sp³-hybridized carbons (Fsp3) is 0.417. The summed E-state index contributed by atoms with van der Waals surface area (Å²) in [5.41, 5.74) is 1.70. The molecule has 164 valence electrons. The Bertz CT molecular complexity index is 924. The van der Waals surface area contributed by atoms with Gasteiger partial charge < -0.3 is 25.0 Å². The van der Waals surface area contributed by atoms with Crippen LogP contribution in [0.3, 0.4) is 0 Å². The first-order valence-corrected chi connectivity index (χ1v) is 10.8. The van der Waals surface area contributed by atoms with Gasteiger partial charge in [0.1, 0.15) is 0 Å². The van der Waals surface area contributed by atoms with Crippen LogP contribution >= 0.6 is 0 Å². The van der Waals surface area contributed by atoms with E-state index >= 15 is 0 Å². The van der Waals surface area contributed by atoms with Crippen LogP contribution < -0.4 is 20.1 Å². The maximum atomic E-state index is 12.8. The average molecular weight is 424 g/mol. The highest BCUT2D eigenvalue weighted by Gasteiger charge is 2.37. The van der Waals surface area contributed by atoms with Gasteiger partial charge in [-0.05, 0) is 42.5 Å². The zero-order valence-electron chi connectivity index (χ0n) is 17.9. The summed E-state index contributed by atoms with van der Waals surface area (Å²) in [6.07, 6.45) is 2.10. The first-order chi connectivity index (χ1) is 15.0. The van der Waals surface area contributed by atoms with E-state index in [4.69, 9.17) is 9.47 Å². The SMILES string of the molecule is CC1(C(=O)NCc2ccc3c(c2)OCO3)CCN(C(=O)NCCc2ccccc2)CC1. The number of nitrogens with one attached hydrogen (secondary N) is 2. The number of fused-ring (bicyclic) bond motifs is 1. The van der Waals surface area contributed by atoms with Gasteiger partial charge in [-0.25, -0.2) is 4.79 Å². The van der Waals surface area contributed by atoms with Gasteiger partial charge in [0.2, 0.25) is 12.7 Å². The molecule has 1 fully saturated rings. The van der Waals surface area contributed by atoms with Crippen LogP contribution in [0.5, 0.6) is 11.5 Å². The van der Waals surface area contributed by atoms with E-state index in [2.05, 4.69) is 22.8 Å². The molecule has 4 rings (SSSR count). The van der Waals surface area contributed by atoms with Crippen LogP contribution in [-0.4, -0.2) is 43.3 Å². The monoisotopic (exact) mass is 423 g/mol. The Morgan fingerprint density at radius 3 is 2.48 bits per heavy atom. The van der Waals surface area contributed by atoms with Crippen molar-refractivity contribution in [2.75, 3.05) is 26.4 Å². The molecule has 2 aliphatic rings. The molecule has 0 aliphatic carbocycles. The second kappa shape index (κ2) is 9.29. The fourth-order valence-corrected chi connectivity index (χ4v) is 3.95. The number of urea groups is 1. The van der Waals surface area contributed by atoms with Crippen LogP contribution in [-0.2, 0) is 17.8 Å². The summed E-state index contributed by atoms with van der Waals surface area (Å²) in [6, 6.07) is 15.7. The van der Waals surface area contributed by atoms with Crippen molar-refractivity contribution in [1.82, 2.24) is 15.5 Å². The second-order valence-electron chi connectivity index (χ2n) is 8.39. The van der Waals surface area contributed by atoms with Gasteiger partial charge in [-0.3, -0.25) is 4.79 Å². The minimum absolute atomic E-state index is 0.0225. The summed E-state index contributed by atoms with van der Waals surface area (Å²) in [7, 11) is 0. The van der Waals surface area contributed by atoms with Crippen molar-refractivity contribution in [3.8, 4) is 11.5 Å². The summed E-state index contributed by atoms with van der Waals surface area (Å²) in [5, 5.41) is 6.03. The number of piperidine rings is 1. The van der Waals surface area contributed by atoms with E-state index in [1.165, 1.54) is 5.56 Å². The molecule has 7 heteroatoms. The molecule has 3 amide bonds. The highest BCUT2D eigenvalue weighted by Crippen LogP contribution is 2.33. The standard InChI is InChI=1S/C24H29N3O4/c1-24(22(28)26-16-19-7-8-20-21(15-19)31-17-30-20)10-13-27(14-11-24)23(29)25-12-9-18-5-3-2-4-6-18/h2-8,15H,9-14,16-17H2,1H3,(H,25,29)(H,26,28). The molecule has 0 atom stereocenters. The van der Waals surface area contributed by atoms with Crippen molar-refractivity contribution < 1.29 is 19.1 Å². The van der Waals surface area contributed by atoms with Crippen molar-refractivity contribution in [1.29, 1.82) is 0 Å². The molecular formula is C24H29N3O4. The number of likely N-dealkylation sites (tertiary alicyclic amines) is 1. The lowest BCUT2D eigenvalue weighted by Crippen LogP contribution is -2.51. The maximum absolute atomic E-state index is 12.8. The molecule has 2 N–H and O–H groups in total. The molecular weight excluding hydrogens is 394 g/mol. The molecule has 0 aromatic heterocycles. The van der Waals surface area contributed by atoms with Crippen molar-refractivity contribution in [2.24, 2.45) is 5.41 Å². The minimum atomic E-state index is -0.475. The highest BCUT2D eigenvalue weighted by molar-refractivity contribution is 5.83. The summed E-state index contributed by atoms with van der Waals surface area (Å²) >= 11 is 0. The molecule has 2 aromatic rings. The predicted octanol–water partition coefficient (Wildman–Crippen LogP) is 3.09. The van der Waals surface area contributed by atoms with Gasteiger partial charge >= 0.3 is 6.03 Å². The topological polar surface area (TPSA) is 79.9 Å². The van der Waals surface area contributed by atoms with Gasteiger partial charge in [0, 0.05) is 31.6 Å². The Kier molecular flexibility index (Phi) is 6.30. The predicted molar refractivity (Wildman–Crippen MR) is 117 cm³/mol. The molecule has 2 aromatic carbocycles. The number of hydrogen-bond donors (Lipinski definition) is 2. The van der Waals surface area contributed by atoms with Crippen LogP contribution in [0.25, 0.3) is 0 Å². The van der Waals surface area contributed by atoms with Crippen LogP contribution in [0.1, 0.15) is 30.9 Å². The molecule has 0 bridgehead atoms. The summed E-state index contributed by atoms with van der Waals surface area (Å²) in [6.45, 7) is 4.41. The molecule has 0 unspecified atom stereocenters. The number of ether oxygens (including phenoxy) is 2. The summed E-state index contributed by atoms with van der Waals surface area (Å²) in [5.74, 6) is 1.47. The molecule has 2 aliphatic heterocycles. The third-order valence-electron chi connectivity index (χ3n) is 6.13. The number of nitrogens with zero attached hydrogens (tertiary/aromatic N) is 1. The minimum Gasteiger partial charge on any atom is -0.454 e. The van der Waals surface area contributed by atoms with Gasteiger partial charge in [-0.15, -0.1) is 0 Å². The number of hydrogen-bond acceptors (Lipinski definition) is 4. The lowest BCUT2D eigenvalue weighted by Gasteiger charge is -2.38. The first kappa shape index (κ1) is 21.0. The van der Waals surface area contributed by atoms with Crippen LogP contribution in [0.4, 0.5) is 4.79 Å². The van der Waals surface area contributed by atoms with Gasteiger partial charge in [0.15, 0.2) is 11.5 Å². The van der Waals surface area contributed by atoms with Crippen molar-refractivity contribution in [2.45, 2.75) is 32.7 Å². The van der Waals surface area contributed by atoms with Gasteiger partial charge in [-0.2, -0.15) is 0 Å². The quantitative estimate of drug-likeness (QED) is 0.748. The van der Waals surface area contributed by atoms with E-state index in [1.54, 1.807) is 4.90 Å². The Hall–Kier alpha value is -3.22. The molecule has 0 spiro atoms.